The number of thiazole rings is 1. The molecule has 0 fully saturated rings. The molecular formula is C14H16N2O3S2. The van der Waals surface area contributed by atoms with Gasteiger partial charge in [-0.05, 0) is 31.9 Å². The lowest BCUT2D eigenvalue weighted by Crippen LogP contribution is -2.21. The van der Waals surface area contributed by atoms with Crippen molar-refractivity contribution in [1.82, 2.24) is 10.3 Å². The number of carboxylic acid groups (broad SMARTS) is 1. The molecule has 0 spiro atoms. The first-order chi connectivity index (χ1) is 9.92. The van der Waals surface area contributed by atoms with E-state index in [0.717, 1.165) is 12.0 Å². The van der Waals surface area contributed by atoms with Gasteiger partial charge in [0, 0.05) is 9.75 Å². The summed E-state index contributed by atoms with van der Waals surface area (Å²) in [5.74, 6) is -1.18. The molecule has 21 heavy (non-hydrogen) atoms. The van der Waals surface area contributed by atoms with Crippen LogP contribution >= 0.6 is 22.7 Å². The van der Waals surface area contributed by atoms with Gasteiger partial charge >= 0.3 is 5.97 Å². The Hall–Kier alpha value is -1.73. The van der Waals surface area contributed by atoms with Crippen LogP contribution in [0.3, 0.4) is 0 Å². The summed E-state index contributed by atoms with van der Waals surface area (Å²) in [6, 6.07) is 1.88. The molecule has 112 valence electrons. The number of carboxylic acids is 1. The van der Waals surface area contributed by atoms with Gasteiger partial charge in [0.2, 0.25) is 0 Å². The lowest BCUT2D eigenvalue weighted by atomic mass is 10.2. The van der Waals surface area contributed by atoms with Gasteiger partial charge in [0.1, 0.15) is 5.01 Å². The zero-order chi connectivity index (χ0) is 15.6. The minimum Gasteiger partial charge on any atom is -0.476 e. The molecule has 0 saturated heterocycles. The van der Waals surface area contributed by atoms with E-state index in [1.807, 2.05) is 13.0 Å². The molecule has 0 saturated carbocycles. The fourth-order valence-electron chi connectivity index (χ4n) is 1.95. The third-order valence-electron chi connectivity index (χ3n) is 3.01. The monoisotopic (exact) mass is 324 g/mol. The Balaban J connectivity index is 2.03. The lowest BCUT2D eigenvalue weighted by Gasteiger charge is -1.99. The van der Waals surface area contributed by atoms with Crippen LogP contribution < -0.4 is 5.32 Å². The largest absolute Gasteiger partial charge is 0.476 e. The Labute approximate surface area is 130 Å². The highest BCUT2D eigenvalue weighted by Gasteiger charge is 2.16. The zero-order valence-electron chi connectivity index (χ0n) is 12.0. The molecule has 1 amide bonds. The SMILES string of the molecule is CCc1sc(C(=O)NCc2nc(C(=O)O)c(C)s2)cc1C. The van der Waals surface area contributed by atoms with Gasteiger partial charge in [0.15, 0.2) is 5.69 Å². The molecule has 0 aromatic carbocycles. The van der Waals surface area contributed by atoms with Crippen molar-refractivity contribution in [3.05, 3.63) is 37.0 Å². The molecule has 2 heterocycles. The number of amides is 1. The van der Waals surface area contributed by atoms with Crippen molar-refractivity contribution in [3.63, 3.8) is 0 Å². The molecule has 2 aromatic heterocycles. The fourth-order valence-corrected chi connectivity index (χ4v) is 3.85. The Bertz CT molecular complexity index is 688. The molecule has 2 rings (SSSR count). The number of hydrogen-bond acceptors (Lipinski definition) is 5. The molecule has 0 unspecified atom stereocenters. The van der Waals surface area contributed by atoms with Crippen molar-refractivity contribution in [2.75, 3.05) is 0 Å². The predicted octanol–water partition coefficient (Wildman–Crippen LogP) is 3.01. The second-order valence-electron chi connectivity index (χ2n) is 4.57. The van der Waals surface area contributed by atoms with Crippen molar-refractivity contribution in [2.24, 2.45) is 0 Å². The van der Waals surface area contributed by atoms with Gasteiger partial charge in [-0.2, -0.15) is 0 Å². The molecule has 7 heteroatoms. The van der Waals surface area contributed by atoms with E-state index in [0.29, 0.717) is 14.8 Å². The molecule has 0 radical (unpaired) electrons. The minimum absolute atomic E-state index is 0.0597. The Morgan fingerprint density at radius 1 is 1.33 bits per heavy atom. The first-order valence-electron chi connectivity index (χ1n) is 6.49. The molecule has 2 N–H and O–H groups in total. The molecule has 0 aliphatic carbocycles. The van der Waals surface area contributed by atoms with Crippen LogP contribution in [0.25, 0.3) is 0 Å². The predicted molar refractivity (Wildman–Crippen MR) is 83.4 cm³/mol. The van der Waals surface area contributed by atoms with Crippen LogP contribution in [0.1, 0.15) is 47.4 Å². The smallest absolute Gasteiger partial charge is 0.355 e. The summed E-state index contributed by atoms with van der Waals surface area (Å²) in [6.45, 7) is 6.01. The zero-order valence-corrected chi connectivity index (χ0v) is 13.7. The van der Waals surface area contributed by atoms with Gasteiger partial charge in [0.05, 0.1) is 11.4 Å². The number of carbonyl (C=O) groups excluding carboxylic acids is 1. The van der Waals surface area contributed by atoms with Crippen LogP contribution in [0, 0.1) is 13.8 Å². The highest BCUT2D eigenvalue weighted by atomic mass is 32.1. The highest BCUT2D eigenvalue weighted by molar-refractivity contribution is 7.14. The van der Waals surface area contributed by atoms with E-state index in [-0.39, 0.29) is 18.1 Å². The number of rotatable bonds is 5. The summed E-state index contributed by atoms with van der Waals surface area (Å²) in [7, 11) is 0. The van der Waals surface area contributed by atoms with Gasteiger partial charge < -0.3 is 10.4 Å². The second-order valence-corrected chi connectivity index (χ2v) is 7.00. The molecule has 2 aromatic rings. The molecule has 5 nitrogen and oxygen atoms in total. The van der Waals surface area contributed by atoms with E-state index < -0.39 is 5.97 Å². The maximum absolute atomic E-state index is 12.1. The van der Waals surface area contributed by atoms with Gasteiger partial charge in [0.25, 0.3) is 5.91 Å². The van der Waals surface area contributed by atoms with E-state index in [1.54, 1.807) is 6.92 Å². The number of aromatic nitrogens is 1. The number of aryl methyl sites for hydroxylation is 3. The standard InChI is InChI=1S/C14H16N2O3S2/c1-4-9-7(2)5-10(21-9)13(17)15-6-11-16-12(14(18)19)8(3)20-11/h5H,4,6H2,1-3H3,(H,15,17)(H,18,19). The Morgan fingerprint density at radius 3 is 2.57 bits per heavy atom. The van der Waals surface area contributed by atoms with E-state index in [4.69, 9.17) is 5.11 Å². The van der Waals surface area contributed by atoms with Crippen LogP contribution in [-0.4, -0.2) is 22.0 Å². The number of aromatic carboxylic acids is 1. The third kappa shape index (κ3) is 3.48. The molecule has 0 bridgehead atoms. The molecule has 0 aliphatic rings. The Morgan fingerprint density at radius 2 is 2.05 bits per heavy atom. The molecule has 0 aliphatic heterocycles. The minimum atomic E-state index is -1.04. The fraction of sp³-hybridized carbons (Fsp3) is 0.357. The summed E-state index contributed by atoms with van der Waals surface area (Å²) >= 11 is 2.78. The van der Waals surface area contributed by atoms with E-state index in [2.05, 4.69) is 17.2 Å². The van der Waals surface area contributed by atoms with Gasteiger partial charge in [-0.15, -0.1) is 22.7 Å². The van der Waals surface area contributed by atoms with Crippen molar-refractivity contribution in [3.8, 4) is 0 Å². The van der Waals surface area contributed by atoms with Crippen LogP contribution in [-0.2, 0) is 13.0 Å². The average Bonchev–Trinajstić information content (AvgIpc) is 2.99. The maximum Gasteiger partial charge on any atom is 0.355 e. The number of nitrogens with zero attached hydrogens (tertiary/aromatic N) is 1. The average molecular weight is 324 g/mol. The number of hydrogen-bond donors (Lipinski definition) is 2. The first-order valence-corrected chi connectivity index (χ1v) is 8.12. The van der Waals surface area contributed by atoms with Crippen molar-refractivity contribution < 1.29 is 14.7 Å². The Kier molecular flexibility index (Phi) is 4.74. The summed E-state index contributed by atoms with van der Waals surface area (Å²) in [5, 5.41) is 12.3. The van der Waals surface area contributed by atoms with Gasteiger partial charge in [-0.1, -0.05) is 6.92 Å². The van der Waals surface area contributed by atoms with E-state index in [1.165, 1.54) is 27.6 Å². The van der Waals surface area contributed by atoms with Crippen LogP contribution in [0.4, 0.5) is 0 Å². The van der Waals surface area contributed by atoms with Crippen LogP contribution in [0.2, 0.25) is 0 Å². The number of nitrogens with one attached hydrogen (secondary N) is 1. The third-order valence-corrected chi connectivity index (χ3v) is 5.36. The topological polar surface area (TPSA) is 79.3 Å². The second kappa shape index (κ2) is 6.36. The molecule has 0 atom stereocenters. The number of thiophene rings is 1. The maximum atomic E-state index is 12.1. The van der Waals surface area contributed by atoms with E-state index in [9.17, 15) is 9.59 Å². The number of carbonyl (C=O) groups is 2. The summed E-state index contributed by atoms with van der Waals surface area (Å²) in [6.07, 6.45) is 0.914. The summed E-state index contributed by atoms with van der Waals surface area (Å²) in [5.41, 5.74) is 1.19. The van der Waals surface area contributed by atoms with Crippen molar-refractivity contribution in [2.45, 2.75) is 33.7 Å². The van der Waals surface area contributed by atoms with Crippen molar-refractivity contribution >= 4 is 34.6 Å². The van der Waals surface area contributed by atoms with E-state index >= 15 is 0 Å². The normalized spacial score (nSPS) is 10.6. The summed E-state index contributed by atoms with van der Waals surface area (Å²) in [4.78, 5) is 29.6. The highest BCUT2D eigenvalue weighted by Crippen LogP contribution is 2.22. The van der Waals surface area contributed by atoms with Crippen molar-refractivity contribution in [1.29, 1.82) is 0 Å². The quantitative estimate of drug-likeness (QED) is 0.886. The first kappa shape index (κ1) is 15.7. The summed E-state index contributed by atoms with van der Waals surface area (Å²) < 4.78 is 0. The van der Waals surface area contributed by atoms with Crippen LogP contribution in [0.5, 0.6) is 0 Å². The lowest BCUT2D eigenvalue weighted by molar-refractivity contribution is 0.0690. The molecular weight excluding hydrogens is 308 g/mol. The van der Waals surface area contributed by atoms with Gasteiger partial charge in [-0.3, -0.25) is 4.79 Å². The van der Waals surface area contributed by atoms with Gasteiger partial charge in [-0.25, -0.2) is 9.78 Å². The van der Waals surface area contributed by atoms with Crippen LogP contribution in [0.15, 0.2) is 6.07 Å².